The molecule has 0 atom stereocenters. The van der Waals surface area contributed by atoms with Crippen LogP contribution in [0.3, 0.4) is 0 Å². The average molecular weight is 273 g/mol. The van der Waals surface area contributed by atoms with Crippen LogP contribution in [0.25, 0.3) is 11.1 Å². The van der Waals surface area contributed by atoms with E-state index in [2.05, 4.69) is 10.2 Å². The Hall–Kier alpha value is -2.33. The molecule has 96 valence electrons. The number of nitrogens with zero attached hydrogens (tertiary/aromatic N) is 2. The van der Waals surface area contributed by atoms with Gasteiger partial charge in [0.2, 0.25) is 5.96 Å². The maximum atomic E-state index is 6.15. The Bertz CT molecular complexity index is 614. The highest BCUT2D eigenvalue weighted by Gasteiger charge is 2.01. The van der Waals surface area contributed by atoms with Crippen LogP contribution < -0.4 is 11.5 Å². The maximum absolute atomic E-state index is 6.15. The molecule has 0 spiro atoms. The van der Waals surface area contributed by atoms with Crippen LogP contribution in [0.15, 0.2) is 58.7 Å². The summed E-state index contributed by atoms with van der Waals surface area (Å²) in [6, 6.07) is 15.5. The van der Waals surface area contributed by atoms with Crippen molar-refractivity contribution in [2.24, 2.45) is 21.7 Å². The molecule has 0 saturated carbocycles. The fraction of sp³-hybridized carbons (Fsp3) is 0. The standard InChI is InChI=1S/C14H13ClN4/c15-13-4-2-1-3-12(13)11-7-5-10(6-8-11)9-18-19-14(16)17/h1-9H,(H4,16,17,19). The molecule has 2 rings (SSSR count). The van der Waals surface area contributed by atoms with Crippen molar-refractivity contribution >= 4 is 23.8 Å². The summed E-state index contributed by atoms with van der Waals surface area (Å²) in [6.07, 6.45) is 1.58. The van der Waals surface area contributed by atoms with Gasteiger partial charge >= 0.3 is 0 Å². The molecule has 0 bridgehead atoms. The number of nitrogens with two attached hydrogens (primary N) is 2. The van der Waals surface area contributed by atoms with Crippen molar-refractivity contribution in [1.29, 1.82) is 0 Å². The second-order valence-corrected chi connectivity index (χ2v) is 4.28. The Kier molecular flexibility index (Phi) is 4.15. The van der Waals surface area contributed by atoms with E-state index in [-0.39, 0.29) is 5.96 Å². The summed E-state index contributed by atoms with van der Waals surface area (Å²) in [7, 11) is 0. The van der Waals surface area contributed by atoms with Crippen LogP contribution in [0.1, 0.15) is 5.56 Å². The van der Waals surface area contributed by atoms with E-state index >= 15 is 0 Å². The lowest BCUT2D eigenvalue weighted by Crippen LogP contribution is -2.21. The van der Waals surface area contributed by atoms with E-state index in [1.165, 1.54) is 0 Å². The van der Waals surface area contributed by atoms with Gasteiger partial charge in [0, 0.05) is 10.6 Å². The number of guanidine groups is 1. The minimum atomic E-state index is -0.0658. The molecule has 0 unspecified atom stereocenters. The quantitative estimate of drug-likeness (QED) is 0.512. The monoisotopic (exact) mass is 272 g/mol. The normalized spacial score (nSPS) is 10.6. The Balaban J connectivity index is 2.22. The first-order valence-electron chi connectivity index (χ1n) is 5.64. The Morgan fingerprint density at radius 1 is 1.00 bits per heavy atom. The van der Waals surface area contributed by atoms with E-state index in [1.54, 1.807) is 6.21 Å². The predicted molar refractivity (Wildman–Crippen MR) is 80.3 cm³/mol. The Morgan fingerprint density at radius 3 is 2.32 bits per heavy atom. The van der Waals surface area contributed by atoms with Crippen molar-refractivity contribution in [2.45, 2.75) is 0 Å². The average Bonchev–Trinajstić information content (AvgIpc) is 2.40. The zero-order valence-electron chi connectivity index (χ0n) is 10.1. The van der Waals surface area contributed by atoms with Gasteiger partial charge in [0.25, 0.3) is 0 Å². The molecule has 5 heteroatoms. The summed E-state index contributed by atoms with van der Waals surface area (Å²) in [6.45, 7) is 0. The number of rotatable bonds is 3. The molecule has 0 heterocycles. The molecule has 4 N–H and O–H groups in total. The highest BCUT2D eigenvalue weighted by Crippen LogP contribution is 2.27. The topological polar surface area (TPSA) is 76.8 Å². The lowest BCUT2D eigenvalue weighted by molar-refractivity contribution is 1.21. The molecule has 0 amide bonds. The van der Waals surface area contributed by atoms with Crippen LogP contribution in [0, 0.1) is 0 Å². The minimum absolute atomic E-state index is 0.0658. The van der Waals surface area contributed by atoms with Gasteiger partial charge in [0.15, 0.2) is 0 Å². The third kappa shape index (κ3) is 3.56. The summed E-state index contributed by atoms with van der Waals surface area (Å²) in [5, 5.41) is 8.01. The fourth-order valence-electron chi connectivity index (χ4n) is 1.61. The number of hydrogen-bond donors (Lipinski definition) is 2. The van der Waals surface area contributed by atoms with Crippen molar-refractivity contribution in [2.75, 3.05) is 0 Å². The van der Waals surface area contributed by atoms with Crippen LogP contribution in [0.2, 0.25) is 5.02 Å². The molecule has 0 fully saturated rings. The van der Waals surface area contributed by atoms with E-state index in [4.69, 9.17) is 23.1 Å². The fourth-order valence-corrected chi connectivity index (χ4v) is 1.85. The van der Waals surface area contributed by atoms with E-state index in [9.17, 15) is 0 Å². The van der Waals surface area contributed by atoms with Gasteiger partial charge in [-0.1, -0.05) is 54.1 Å². The Labute approximate surface area is 116 Å². The van der Waals surface area contributed by atoms with Gasteiger partial charge in [-0.15, -0.1) is 5.10 Å². The van der Waals surface area contributed by atoms with Crippen molar-refractivity contribution < 1.29 is 0 Å². The summed E-state index contributed by atoms with van der Waals surface area (Å²) in [4.78, 5) is 0. The van der Waals surface area contributed by atoms with Crippen LogP contribution in [0.5, 0.6) is 0 Å². The molecule has 0 saturated heterocycles. The summed E-state index contributed by atoms with van der Waals surface area (Å²) in [5.41, 5.74) is 13.3. The molecule has 19 heavy (non-hydrogen) atoms. The molecular formula is C14H13ClN4. The highest BCUT2D eigenvalue weighted by molar-refractivity contribution is 6.33. The lowest BCUT2D eigenvalue weighted by atomic mass is 10.0. The second kappa shape index (κ2) is 6.02. The molecular weight excluding hydrogens is 260 g/mol. The van der Waals surface area contributed by atoms with Crippen molar-refractivity contribution in [3.63, 3.8) is 0 Å². The minimum Gasteiger partial charge on any atom is -0.369 e. The first-order valence-corrected chi connectivity index (χ1v) is 6.01. The van der Waals surface area contributed by atoms with E-state index in [0.29, 0.717) is 0 Å². The van der Waals surface area contributed by atoms with E-state index in [1.807, 2.05) is 48.5 Å². The molecule has 0 aromatic heterocycles. The van der Waals surface area contributed by atoms with Gasteiger partial charge in [-0.2, -0.15) is 5.10 Å². The first-order chi connectivity index (χ1) is 9.16. The zero-order chi connectivity index (χ0) is 13.7. The highest BCUT2D eigenvalue weighted by atomic mass is 35.5. The zero-order valence-corrected chi connectivity index (χ0v) is 10.9. The number of hydrogen-bond acceptors (Lipinski definition) is 2. The summed E-state index contributed by atoms with van der Waals surface area (Å²) < 4.78 is 0. The molecule has 0 aliphatic heterocycles. The largest absolute Gasteiger partial charge is 0.369 e. The van der Waals surface area contributed by atoms with Crippen molar-refractivity contribution in [1.82, 2.24) is 0 Å². The smallest absolute Gasteiger partial charge is 0.211 e. The van der Waals surface area contributed by atoms with Crippen molar-refractivity contribution in [3.05, 3.63) is 59.1 Å². The molecule has 0 radical (unpaired) electrons. The van der Waals surface area contributed by atoms with Gasteiger partial charge in [0.05, 0.1) is 6.21 Å². The van der Waals surface area contributed by atoms with E-state index < -0.39 is 0 Å². The van der Waals surface area contributed by atoms with Crippen LogP contribution in [-0.2, 0) is 0 Å². The number of halogens is 1. The molecule has 0 aliphatic rings. The van der Waals surface area contributed by atoms with Gasteiger partial charge < -0.3 is 11.5 Å². The predicted octanol–water partition coefficient (Wildman–Crippen LogP) is 2.61. The van der Waals surface area contributed by atoms with Crippen molar-refractivity contribution in [3.8, 4) is 11.1 Å². The van der Waals surface area contributed by atoms with Gasteiger partial charge in [-0.05, 0) is 17.2 Å². The summed E-state index contributed by atoms with van der Waals surface area (Å²) in [5.74, 6) is -0.0658. The molecule has 4 nitrogen and oxygen atoms in total. The van der Waals surface area contributed by atoms with E-state index in [0.717, 1.165) is 21.7 Å². The molecule has 0 aliphatic carbocycles. The first kappa shape index (κ1) is 13.1. The molecule has 2 aromatic rings. The van der Waals surface area contributed by atoms with Crippen LogP contribution >= 0.6 is 11.6 Å². The van der Waals surface area contributed by atoms with Gasteiger partial charge in [-0.3, -0.25) is 0 Å². The third-order valence-corrected chi connectivity index (χ3v) is 2.81. The summed E-state index contributed by atoms with van der Waals surface area (Å²) >= 11 is 6.15. The van der Waals surface area contributed by atoms with Gasteiger partial charge in [0.1, 0.15) is 0 Å². The van der Waals surface area contributed by atoms with Crippen LogP contribution in [-0.4, -0.2) is 12.2 Å². The maximum Gasteiger partial charge on any atom is 0.211 e. The van der Waals surface area contributed by atoms with Gasteiger partial charge in [-0.25, -0.2) is 0 Å². The second-order valence-electron chi connectivity index (χ2n) is 3.87. The third-order valence-electron chi connectivity index (χ3n) is 2.48. The van der Waals surface area contributed by atoms with Crippen LogP contribution in [0.4, 0.5) is 0 Å². The Morgan fingerprint density at radius 2 is 1.68 bits per heavy atom. The molecule has 2 aromatic carbocycles. The number of benzene rings is 2. The SMILES string of the molecule is NC(N)=NN=Cc1ccc(-c2ccccc2Cl)cc1. The lowest BCUT2D eigenvalue weighted by Gasteiger charge is -2.04.